The minimum Gasteiger partial charge on any atom is -0.468 e. The molecule has 3 aromatic rings. The van der Waals surface area contributed by atoms with E-state index in [1.807, 2.05) is 12.1 Å². The van der Waals surface area contributed by atoms with Crippen molar-refractivity contribution in [1.82, 2.24) is 4.72 Å². The lowest BCUT2D eigenvalue weighted by atomic mass is 10.0. The van der Waals surface area contributed by atoms with Crippen LogP contribution in [0, 0.1) is 5.82 Å². The largest absolute Gasteiger partial charge is 0.468 e. The minimum absolute atomic E-state index is 0.0591. The first-order valence-corrected chi connectivity index (χ1v) is 10.5. The second-order valence-electron chi connectivity index (χ2n) is 6.78. The second-order valence-corrected chi connectivity index (χ2v) is 8.54. The Labute approximate surface area is 168 Å². The molecule has 8 heteroatoms. The van der Waals surface area contributed by atoms with Crippen LogP contribution in [0.1, 0.15) is 41.4 Å². The number of benzene rings is 2. The maximum absolute atomic E-state index is 14.2. The molecule has 3 rings (SSSR count). The standard InChI is InChI=1S/C21H21FN2O4S/c1-14(2)15-5-7-16(8-6-15)24-21(25)19-12-18(9-10-20(19)22)29(26,27)23-13-17-4-3-11-28-17/h3-12,14,23H,13H2,1-2H3,(H,24,25). The summed E-state index contributed by atoms with van der Waals surface area (Å²) in [6.07, 6.45) is 1.43. The van der Waals surface area contributed by atoms with Gasteiger partial charge < -0.3 is 9.73 Å². The van der Waals surface area contributed by atoms with Crippen LogP contribution in [0.4, 0.5) is 10.1 Å². The summed E-state index contributed by atoms with van der Waals surface area (Å²) >= 11 is 0. The summed E-state index contributed by atoms with van der Waals surface area (Å²) in [4.78, 5) is 12.3. The first-order valence-electron chi connectivity index (χ1n) is 8.99. The molecular weight excluding hydrogens is 395 g/mol. The fourth-order valence-electron chi connectivity index (χ4n) is 2.66. The van der Waals surface area contributed by atoms with E-state index < -0.39 is 21.7 Å². The summed E-state index contributed by atoms with van der Waals surface area (Å²) in [5.41, 5.74) is 1.23. The minimum atomic E-state index is -3.95. The molecule has 0 aliphatic heterocycles. The van der Waals surface area contributed by atoms with E-state index in [1.54, 1.807) is 24.3 Å². The van der Waals surface area contributed by atoms with Gasteiger partial charge in [0.2, 0.25) is 10.0 Å². The van der Waals surface area contributed by atoms with Gasteiger partial charge in [0.15, 0.2) is 0 Å². The van der Waals surface area contributed by atoms with Gasteiger partial charge in [-0.25, -0.2) is 17.5 Å². The third-order valence-corrected chi connectivity index (χ3v) is 5.74. The molecule has 1 amide bonds. The van der Waals surface area contributed by atoms with E-state index in [9.17, 15) is 17.6 Å². The van der Waals surface area contributed by atoms with E-state index in [2.05, 4.69) is 23.9 Å². The van der Waals surface area contributed by atoms with Gasteiger partial charge in [-0.3, -0.25) is 4.79 Å². The SMILES string of the molecule is CC(C)c1ccc(NC(=O)c2cc(S(=O)(=O)NCc3ccco3)ccc2F)cc1. The first-order chi connectivity index (χ1) is 13.8. The number of furan rings is 1. The van der Waals surface area contributed by atoms with Crippen molar-refractivity contribution in [3.05, 3.63) is 83.6 Å². The van der Waals surface area contributed by atoms with E-state index in [0.29, 0.717) is 17.4 Å². The Morgan fingerprint density at radius 3 is 2.45 bits per heavy atom. The quantitative estimate of drug-likeness (QED) is 0.602. The Balaban J connectivity index is 1.77. The normalized spacial score (nSPS) is 11.6. The molecule has 0 saturated carbocycles. The molecule has 0 fully saturated rings. The number of anilines is 1. The lowest BCUT2D eigenvalue weighted by Crippen LogP contribution is -2.24. The summed E-state index contributed by atoms with van der Waals surface area (Å²) in [6, 6.07) is 13.5. The van der Waals surface area contributed by atoms with Crippen LogP contribution in [0.3, 0.4) is 0 Å². The molecule has 2 aromatic carbocycles. The average Bonchev–Trinajstić information content (AvgIpc) is 3.21. The second kappa shape index (κ2) is 8.59. The Hall–Kier alpha value is -2.97. The van der Waals surface area contributed by atoms with Gasteiger partial charge in [-0.05, 0) is 53.9 Å². The van der Waals surface area contributed by atoms with E-state index in [4.69, 9.17) is 4.42 Å². The lowest BCUT2D eigenvalue weighted by molar-refractivity contribution is 0.102. The molecule has 152 valence electrons. The molecule has 0 atom stereocenters. The molecule has 0 unspecified atom stereocenters. The van der Waals surface area contributed by atoms with Crippen LogP contribution in [0.2, 0.25) is 0 Å². The number of halogens is 1. The zero-order valence-electron chi connectivity index (χ0n) is 16.0. The van der Waals surface area contributed by atoms with E-state index in [0.717, 1.165) is 23.8 Å². The number of carbonyl (C=O) groups is 1. The summed E-state index contributed by atoms with van der Waals surface area (Å²) in [5.74, 6) is -0.777. The van der Waals surface area contributed by atoms with Gasteiger partial charge in [0.05, 0.1) is 23.3 Å². The maximum atomic E-state index is 14.2. The maximum Gasteiger partial charge on any atom is 0.258 e. The number of amides is 1. The van der Waals surface area contributed by atoms with Crippen molar-refractivity contribution in [1.29, 1.82) is 0 Å². The summed E-state index contributed by atoms with van der Waals surface area (Å²) < 4.78 is 46.6. The van der Waals surface area contributed by atoms with Crippen LogP contribution in [-0.4, -0.2) is 14.3 Å². The highest BCUT2D eigenvalue weighted by Crippen LogP contribution is 2.20. The molecule has 0 radical (unpaired) electrons. The highest BCUT2D eigenvalue weighted by Gasteiger charge is 2.20. The van der Waals surface area contributed by atoms with Crippen LogP contribution in [0.5, 0.6) is 0 Å². The van der Waals surface area contributed by atoms with Crippen LogP contribution in [0.25, 0.3) is 0 Å². The van der Waals surface area contributed by atoms with Crippen molar-refractivity contribution in [3.8, 4) is 0 Å². The van der Waals surface area contributed by atoms with Crippen LogP contribution < -0.4 is 10.0 Å². The summed E-state index contributed by atoms with van der Waals surface area (Å²) in [7, 11) is -3.95. The molecule has 0 bridgehead atoms. The molecule has 6 nitrogen and oxygen atoms in total. The number of sulfonamides is 1. The van der Waals surface area contributed by atoms with Crippen molar-refractivity contribution in [2.75, 3.05) is 5.32 Å². The van der Waals surface area contributed by atoms with Crippen LogP contribution in [-0.2, 0) is 16.6 Å². The Morgan fingerprint density at radius 2 is 1.83 bits per heavy atom. The third-order valence-electron chi connectivity index (χ3n) is 4.34. The van der Waals surface area contributed by atoms with Crippen LogP contribution >= 0.6 is 0 Å². The number of hydrogen-bond acceptors (Lipinski definition) is 4. The smallest absolute Gasteiger partial charge is 0.258 e. The Kier molecular flexibility index (Phi) is 6.14. The fraction of sp³-hybridized carbons (Fsp3) is 0.190. The third kappa shape index (κ3) is 5.10. The zero-order chi connectivity index (χ0) is 21.0. The van der Waals surface area contributed by atoms with E-state index >= 15 is 0 Å². The Morgan fingerprint density at radius 1 is 1.10 bits per heavy atom. The van der Waals surface area contributed by atoms with Gasteiger partial charge in [-0.15, -0.1) is 0 Å². The van der Waals surface area contributed by atoms with Gasteiger partial charge in [0, 0.05) is 5.69 Å². The molecule has 0 spiro atoms. The van der Waals surface area contributed by atoms with E-state index in [1.165, 1.54) is 6.26 Å². The van der Waals surface area contributed by atoms with Gasteiger partial charge in [0.1, 0.15) is 11.6 Å². The van der Waals surface area contributed by atoms with Gasteiger partial charge in [-0.1, -0.05) is 26.0 Å². The number of hydrogen-bond donors (Lipinski definition) is 2. The van der Waals surface area contributed by atoms with Gasteiger partial charge in [-0.2, -0.15) is 0 Å². The highest BCUT2D eigenvalue weighted by molar-refractivity contribution is 7.89. The van der Waals surface area contributed by atoms with Crippen LogP contribution in [0.15, 0.2) is 70.2 Å². The zero-order valence-corrected chi connectivity index (χ0v) is 16.8. The molecular formula is C21H21FN2O4S. The predicted octanol–water partition coefficient (Wildman–Crippen LogP) is 4.27. The molecule has 29 heavy (non-hydrogen) atoms. The average molecular weight is 416 g/mol. The highest BCUT2D eigenvalue weighted by atomic mass is 32.2. The van der Waals surface area contributed by atoms with Gasteiger partial charge in [0.25, 0.3) is 5.91 Å². The summed E-state index contributed by atoms with van der Waals surface area (Å²) in [6.45, 7) is 4.04. The summed E-state index contributed by atoms with van der Waals surface area (Å²) in [5, 5.41) is 2.59. The van der Waals surface area contributed by atoms with Gasteiger partial charge >= 0.3 is 0 Å². The molecule has 2 N–H and O–H groups in total. The number of carbonyl (C=O) groups excluding carboxylic acids is 1. The number of rotatable bonds is 7. The predicted molar refractivity (Wildman–Crippen MR) is 108 cm³/mol. The lowest BCUT2D eigenvalue weighted by Gasteiger charge is -2.11. The molecule has 0 aliphatic rings. The topological polar surface area (TPSA) is 88.4 Å². The first kappa shape index (κ1) is 20.8. The number of nitrogens with one attached hydrogen (secondary N) is 2. The Bertz CT molecular complexity index is 1090. The van der Waals surface area contributed by atoms with E-state index in [-0.39, 0.29) is 17.0 Å². The molecule has 1 aromatic heterocycles. The van der Waals surface area contributed by atoms with Crippen molar-refractivity contribution < 1.29 is 22.0 Å². The fourth-order valence-corrected chi connectivity index (χ4v) is 3.68. The van der Waals surface area contributed by atoms with Crippen molar-refractivity contribution >= 4 is 21.6 Å². The molecule has 0 aliphatic carbocycles. The van der Waals surface area contributed by atoms with Crippen molar-refractivity contribution in [2.45, 2.75) is 31.2 Å². The molecule has 1 heterocycles. The monoisotopic (exact) mass is 416 g/mol. The molecule has 0 saturated heterocycles. The van der Waals surface area contributed by atoms with Crippen molar-refractivity contribution in [3.63, 3.8) is 0 Å². The van der Waals surface area contributed by atoms with Crippen molar-refractivity contribution in [2.24, 2.45) is 0 Å².